The molecule has 1 aromatic rings. The van der Waals surface area contributed by atoms with Gasteiger partial charge in [-0.25, -0.2) is 8.42 Å². The zero-order valence-electron chi connectivity index (χ0n) is 12.4. The van der Waals surface area contributed by atoms with Gasteiger partial charge in [-0.1, -0.05) is 23.2 Å². The molecule has 1 aromatic carbocycles. The second-order valence-electron chi connectivity index (χ2n) is 5.38. The Morgan fingerprint density at radius 2 is 1.95 bits per heavy atom. The molecule has 1 aliphatic heterocycles. The van der Waals surface area contributed by atoms with Crippen molar-refractivity contribution in [2.24, 2.45) is 0 Å². The van der Waals surface area contributed by atoms with Crippen molar-refractivity contribution >= 4 is 33.0 Å². The minimum absolute atomic E-state index is 0.0265. The molecule has 0 saturated heterocycles. The van der Waals surface area contributed by atoms with E-state index in [4.69, 9.17) is 32.8 Å². The summed E-state index contributed by atoms with van der Waals surface area (Å²) in [6, 6.07) is 3.03. The Morgan fingerprint density at radius 3 is 2.50 bits per heavy atom. The molecule has 0 saturated carbocycles. The van der Waals surface area contributed by atoms with Crippen LogP contribution < -0.4 is 10.2 Å². The summed E-state index contributed by atoms with van der Waals surface area (Å²) in [5.41, 5.74) is 2.17. The Hall–Kier alpha value is -0.950. The molecular formula is C14H17Cl2NO4S. The van der Waals surface area contributed by atoms with Gasteiger partial charge in [0.25, 0.3) is 0 Å². The van der Waals surface area contributed by atoms with E-state index in [0.717, 1.165) is 0 Å². The molecule has 2 rings (SSSR count). The lowest BCUT2D eigenvalue weighted by molar-refractivity contribution is -0.0129. The fourth-order valence-electron chi connectivity index (χ4n) is 1.94. The SMILES string of the molecule is CCOc1cc(Cl)c(CS(=O)(=O)C2=CC(C)(C)ON2)cc1Cl. The van der Waals surface area contributed by atoms with Crippen LogP contribution >= 0.6 is 23.2 Å². The van der Waals surface area contributed by atoms with E-state index in [1.165, 1.54) is 18.2 Å². The van der Waals surface area contributed by atoms with Crippen molar-refractivity contribution in [1.29, 1.82) is 0 Å². The van der Waals surface area contributed by atoms with E-state index in [-0.39, 0.29) is 15.8 Å². The largest absolute Gasteiger partial charge is 0.492 e. The average Bonchev–Trinajstić information content (AvgIpc) is 2.77. The van der Waals surface area contributed by atoms with Crippen molar-refractivity contribution in [3.05, 3.63) is 38.8 Å². The lowest BCUT2D eigenvalue weighted by Gasteiger charge is -2.12. The number of hydrogen-bond donors (Lipinski definition) is 1. The van der Waals surface area contributed by atoms with Gasteiger partial charge < -0.3 is 4.74 Å². The van der Waals surface area contributed by atoms with Gasteiger partial charge in [0.05, 0.1) is 17.4 Å². The third kappa shape index (κ3) is 3.87. The van der Waals surface area contributed by atoms with E-state index < -0.39 is 15.4 Å². The topological polar surface area (TPSA) is 64.6 Å². The second kappa shape index (κ2) is 6.28. The average molecular weight is 366 g/mol. The van der Waals surface area contributed by atoms with Crippen molar-refractivity contribution < 1.29 is 18.0 Å². The molecule has 1 aliphatic rings. The van der Waals surface area contributed by atoms with Crippen molar-refractivity contribution in [3.63, 3.8) is 0 Å². The maximum absolute atomic E-state index is 12.4. The van der Waals surface area contributed by atoms with E-state index in [1.54, 1.807) is 13.8 Å². The Kier molecular flexibility index (Phi) is 4.96. The van der Waals surface area contributed by atoms with Crippen LogP contribution in [-0.2, 0) is 20.4 Å². The highest BCUT2D eigenvalue weighted by atomic mass is 35.5. The highest BCUT2D eigenvalue weighted by molar-refractivity contribution is 7.94. The van der Waals surface area contributed by atoms with Crippen LogP contribution in [0, 0.1) is 0 Å². The molecule has 0 unspecified atom stereocenters. The second-order valence-corrected chi connectivity index (χ2v) is 8.15. The van der Waals surface area contributed by atoms with Crippen LogP contribution in [-0.4, -0.2) is 20.6 Å². The Balaban J connectivity index is 2.29. The molecule has 8 heteroatoms. The number of hydroxylamine groups is 1. The quantitative estimate of drug-likeness (QED) is 0.865. The maximum atomic E-state index is 12.4. The predicted molar refractivity (Wildman–Crippen MR) is 86.6 cm³/mol. The van der Waals surface area contributed by atoms with Crippen molar-refractivity contribution in [2.45, 2.75) is 32.1 Å². The van der Waals surface area contributed by atoms with Crippen LogP contribution in [0.2, 0.25) is 10.0 Å². The smallest absolute Gasteiger partial charge is 0.199 e. The molecular weight excluding hydrogens is 349 g/mol. The number of sulfone groups is 1. The first-order valence-electron chi connectivity index (χ1n) is 6.65. The van der Waals surface area contributed by atoms with Gasteiger partial charge in [0.15, 0.2) is 14.9 Å². The van der Waals surface area contributed by atoms with Crippen LogP contribution in [0.15, 0.2) is 23.2 Å². The van der Waals surface area contributed by atoms with Crippen LogP contribution in [0.25, 0.3) is 0 Å². The number of nitrogens with one attached hydrogen (secondary N) is 1. The lowest BCUT2D eigenvalue weighted by atomic mass is 10.1. The van der Waals surface area contributed by atoms with Crippen molar-refractivity contribution in [3.8, 4) is 5.75 Å². The molecule has 0 atom stereocenters. The third-order valence-electron chi connectivity index (χ3n) is 2.97. The maximum Gasteiger partial charge on any atom is 0.199 e. The Bertz CT molecular complexity index is 714. The van der Waals surface area contributed by atoms with Gasteiger partial charge in [0.2, 0.25) is 0 Å². The molecule has 0 aliphatic carbocycles. The monoisotopic (exact) mass is 365 g/mol. The summed E-state index contributed by atoms with van der Waals surface area (Å²) >= 11 is 12.2. The van der Waals surface area contributed by atoms with Crippen molar-refractivity contribution in [2.75, 3.05) is 6.61 Å². The van der Waals surface area contributed by atoms with Gasteiger partial charge in [0, 0.05) is 11.1 Å². The molecule has 5 nitrogen and oxygen atoms in total. The fraction of sp³-hybridized carbons (Fsp3) is 0.429. The van der Waals surface area contributed by atoms with Crippen LogP contribution in [0.5, 0.6) is 5.75 Å². The minimum Gasteiger partial charge on any atom is -0.492 e. The highest BCUT2D eigenvalue weighted by Gasteiger charge is 2.31. The van der Waals surface area contributed by atoms with Crippen LogP contribution in [0.1, 0.15) is 26.3 Å². The first kappa shape index (κ1) is 17.4. The lowest BCUT2D eigenvalue weighted by Crippen LogP contribution is -2.22. The summed E-state index contributed by atoms with van der Waals surface area (Å²) in [5.74, 6) is 0.147. The molecule has 1 N–H and O–H groups in total. The summed E-state index contributed by atoms with van der Waals surface area (Å²) in [6.07, 6.45) is 1.52. The molecule has 0 spiro atoms. The molecule has 1 heterocycles. The molecule has 0 bridgehead atoms. The zero-order valence-corrected chi connectivity index (χ0v) is 14.8. The Morgan fingerprint density at radius 1 is 1.27 bits per heavy atom. The molecule has 0 fully saturated rings. The first-order valence-corrected chi connectivity index (χ1v) is 9.06. The van der Waals surface area contributed by atoms with Gasteiger partial charge in [-0.15, -0.1) is 0 Å². The van der Waals surface area contributed by atoms with Crippen LogP contribution in [0.3, 0.4) is 0 Å². The zero-order chi connectivity index (χ0) is 16.5. The minimum atomic E-state index is -3.61. The molecule has 0 amide bonds. The van der Waals surface area contributed by atoms with E-state index in [1.807, 2.05) is 6.92 Å². The van der Waals surface area contributed by atoms with E-state index >= 15 is 0 Å². The van der Waals surface area contributed by atoms with E-state index in [9.17, 15) is 8.42 Å². The summed E-state index contributed by atoms with van der Waals surface area (Å²) in [5, 5.41) is 0.634. The number of halogens is 2. The molecule has 0 radical (unpaired) electrons. The van der Waals surface area contributed by atoms with E-state index in [0.29, 0.717) is 22.9 Å². The van der Waals surface area contributed by atoms with Gasteiger partial charge in [-0.2, -0.15) is 0 Å². The van der Waals surface area contributed by atoms with Crippen LogP contribution in [0.4, 0.5) is 0 Å². The number of rotatable bonds is 5. The summed E-state index contributed by atoms with van der Waals surface area (Å²) in [7, 11) is -3.61. The molecule has 22 heavy (non-hydrogen) atoms. The van der Waals surface area contributed by atoms with Crippen molar-refractivity contribution in [1.82, 2.24) is 5.48 Å². The standard InChI is InChI=1S/C14H17Cl2NO4S/c1-4-20-12-6-10(15)9(5-11(12)16)8-22(18,19)13-7-14(2,3)21-17-13/h5-7,17H,4,8H2,1-3H3. The van der Waals surface area contributed by atoms with E-state index in [2.05, 4.69) is 5.48 Å². The van der Waals surface area contributed by atoms with Gasteiger partial charge in [-0.3, -0.25) is 10.3 Å². The third-order valence-corrected chi connectivity index (χ3v) is 5.18. The predicted octanol–water partition coefficient (Wildman–Crippen LogP) is 3.46. The number of hydrogen-bond acceptors (Lipinski definition) is 5. The van der Waals surface area contributed by atoms with Gasteiger partial charge in [0.1, 0.15) is 11.4 Å². The highest BCUT2D eigenvalue weighted by Crippen LogP contribution is 2.33. The number of ether oxygens (including phenoxy) is 1. The Labute approximate surface area is 140 Å². The first-order chi connectivity index (χ1) is 10.1. The molecule has 0 aromatic heterocycles. The normalized spacial score (nSPS) is 17.0. The number of benzene rings is 1. The summed E-state index contributed by atoms with van der Waals surface area (Å²) in [4.78, 5) is 5.18. The summed E-state index contributed by atoms with van der Waals surface area (Å²) in [6.45, 7) is 5.77. The van der Waals surface area contributed by atoms with Gasteiger partial charge >= 0.3 is 0 Å². The van der Waals surface area contributed by atoms with Gasteiger partial charge in [-0.05, 0) is 38.5 Å². The molecule has 122 valence electrons. The fourth-order valence-corrected chi connectivity index (χ4v) is 3.91. The summed E-state index contributed by atoms with van der Waals surface area (Å²) < 4.78 is 30.2.